The van der Waals surface area contributed by atoms with Crippen LogP contribution in [0.3, 0.4) is 0 Å². The number of rotatable bonds is 9. The maximum absolute atomic E-state index is 14.4. The number of nitrogens with one attached hydrogen (secondary N) is 1. The maximum atomic E-state index is 14.4. The molecule has 0 aliphatic carbocycles. The van der Waals surface area contributed by atoms with Crippen LogP contribution < -0.4 is 31.1 Å². The molecule has 1 atom stereocenters. The molecule has 3 N–H and O–H groups in total. The zero-order valence-electron chi connectivity index (χ0n) is 34.7. The van der Waals surface area contributed by atoms with Crippen molar-refractivity contribution in [1.29, 1.82) is 0 Å². The average molecular weight is 841 g/mol. The van der Waals surface area contributed by atoms with Crippen molar-refractivity contribution < 1.29 is 28.7 Å². The molecule has 0 saturated carbocycles. The Balaban J connectivity index is 0.750. The third-order valence-corrected chi connectivity index (χ3v) is 13.4. The van der Waals surface area contributed by atoms with E-state index in [-0.39, 0.29) is 36.0 Å². The molecule has 62 heavy (non-hydrogen) atoms. The number of benzene rings is 3. The molecule has 5 aliphatic rings. The van der Waals surface area contributed by atoms with Crippen LogP contribution >= 0.6 is 0 Å². The van der Waals surface area contributed by atoms with E-state index in [9.17, 15) is 24.0 Å². The van der Waals surface area contributed by atoms with Crippen molar-refractivity contribution in [3.63, 3.8) is 0 Å². The first-order valence-corrected chi connectivity index (χ1v) is 21.3. The number of nitrogens with two attached hydrogens (primary N) is 1. The summed E-state index contributed by atoms with van der Waals surface area (Å²) in [6.07, 6.45) is 5.40. The number of nitrogen functional groups attached to an aromatic ring is 1. The molecule has 1 unspecified atom stereocenters. The third-order valence-electron chi connectivity index (χ3n) is 13.4. The zero-order valence-corrected chi connectivity index (χ0v) is 34.7. The molecule has 10 rings (SSSR count). The van der Waals surface area contributed by atoms with Gasteiger partial charge in [0.1, 0.15) is 35.1 Å². The fourth-order valence-corrected chi connectivity index (χ4v) is 9.97. The fourth-order valence-electron chi connectivity index (χ4n) is 9.97. The van der Waals surface area contributed by atoms with E-state index in [1.165, 1.54) is 6.33 Å². The molecule has 0 spiro atoms. The summed E-state index contributed by atoms with van der Waals surface area (Å²) in [6.45, 7) is 7.34. The van der Waals surface area contributed by atoms with Crippen LogP contribution in [0, 0.1) is 6.92 Å². The van der Waals surface area contributed by atoms with Crippen molar-refractivity contribution in [2.24, 2.45) is 0 Å². The van der Waals surface area contributed by atoms with Crippen molar-refractivity contribution in [1.82, 2.24) is 39.1 Å². The largest absolute Gasteiger partial charge is 0.497 e. The summed E-state index contributed by atoms with van der Waals surface area (Å²) in [6, 6.07) is 18.2. The molecule has 4 fully saturated rings. The standard InChI is InChI=1S/C45H48N10O7/c1-26-21-30(4-11-37(26)62-33-7-5-32(61-2)6-8-33)53-39-40(46)47-25-48-41(39)54(45(53)60)28-15-19-50(20-16-28)27-13-17-51(18-14-27)31-23-52(24-31)29-3-9-34-35(22-29)44(59)55(43(34)58)36-10-12-38(56)49-42(36)57/h3-9,11,21-22,25,27-28,31,36H,10,12-20,23-24H2,1-2H3,(H2,46,47,48)(H,49,56,57). The van der Waals surface area contributed by atoms with Crippen LogP contribution in [0.15, 0.2) is 71.8 Å². The third kappa shape index (κ3) is 6.84. The van der Waals surface area contributed by atoms with Crippen molar-refractivity contribution >= 4 is 46.3 Å². The smallest absolute Gasteiger partial charge is 0.335 e. The van der Waals surface area contributed by atoms with Gasteiger partial charge < -0.3 is 25.0 Å². The minimum atomic E-state index is -0.980. The highest BCUT2D eigenvalue weighted by atomic mass is 16.5. The maximum Gasteiger partial charge on any atom is 0.335 e. The summed E-state index contributed by atoms with van der Waals surface area (Å²) < 4.78 is 14.8. The van der Waals surface area contributed by atoms with Gasteiger partial charge in [-0.3, -0.25) is 43.4 Å². The van der Waals surface area contributed by atoms with Gasteiger partial charge in [-0.15, -0.1) is 0 Å². The number of carbonyl (C=O) groups excluding carboxylic acids is 4. The predicted molar refractivity (Wildman–Crippen MR) is 229 cm³/mol. The molecule has 4 amide bonds. The molecule has 7 heterocycles. The van der Waals surface area contributed by atoms with Crippen LogP contribution in [0.5, 0.6) is 17.2 Å². The molecule has 2 aromatic heterocycles. The number of imidazole rings is 1. The van der Waals surface area contributed by atoms with Gasteiger partial charge in [0, 0.05) is 69.5 Å². The molecule has 0 radical (unpaired) electrons. The highest BCUT2D eigenvalue weighted by molar-refractivity contribution is 6.23. The van der Waals surface area contributed by atoms with E-state index in [1.54, 1.807) is 23.8 Å². The number of likely N-dealkylation sites (tertiary alicyclic amines) is 2. The normalized spacial score (nSPS) is 20.8. The molecule has 17 nitrogen and oxygen atoms in total. The topological polar surface area (TPSA) is 190 Å². The number of piperidine rings is 3. The van der Waals surface area contributed by atoms with E-state index < -0.39 is 29.7 Å². The van der Waals surface area contributed by atoms with Crippen LogP contribution in [-0.2, 0) is 9.59 Å². The quantitative estimate of drug-likeness (QED) is 0.205. The van der Waals surface area contributed by atoms with E-state index in [2.05, 4.69) is 30.0 Å². The minimum Gasteiger partial charge on any atom is -0.497 e. The first-order valence-electron chi connectivity index (χ1n) is 21.3. The van der Waals surface area contributed by atoms with Gasteiger partial charge in [0.2, 0.25) is 11.8 Å². The van der Waals surface area contributed by atoms with Gasteiger partial charge in [-0.25, -0.2) is 14.8 Å². The Bertz CT molecular complexity index is 2670. The fraction of sp³-hybridized carbons (Fsp3) is 0.400. The second-order valence-corrected chi connectivity index (χ2v) is 16.9. The summed E-state index contributed by atoms with van der Waals surface area (Å²) in [7, 11) is 1.62. The van der Waals surface area contributed by atoms with Gasteiger partial charge in [0.15, 0.2) is 11.5 Å². The van der Waals surface area contributed by atoms with E-state index >= 15 is 0 Å². The number of nitrogens with zero attached hydrogens (tertiary/aromatic N) is 8. The van der Waals surface area contributed by atoms with E-state index in [0.717, 1.165) is 86.9 Å². The number of imide groups is 2. The Labute approximate surface area is 357 Å². The lowest BCUT2D eigenvalue weighted by molar-refractivity contribution is -0.136. The molecule has 5 aliphatic heterocycles. The summed E-state index contributed by atoms with van der Waals surface area (Å²) in [4.78, 5) is 82.2. The number of aryl methyl sites for hydroxylation is 1. The van der Waals surface area contributed by atoms with Crippen LogP contribution in [0.4, 0.5) is 11.5 Å². The second kappa shape index (κ2) is 15.7. The molecular formula is C45H48N10O7. The highest BCUT2D eigenvalue weighted by Crippen LogP contribution is 2.36. The Morgan fingerprint density at radius 2 is 1.39 bits per heavy atom. The Morgan fingerprint density at radius 3 is 2.08 bits per heavy atom. The van der Waals surface area contributed by atoms with Crippen molar-refractivity contribution in [2.75, 3.05) is 57.0 Å². The number of hydrogen-bond acceptors (Lipinski definition) is 13. The lowest BCUT2D eigenvalue weighted by Gasteiger charge is -2.50. The number of amides is 4. The van der Waals surface area contributed by atoms with Crippen molar-refractivity contribution in [2.45, 2.75) is 69.6 Å². The van der Waals surface area contributed by atoms with E-state index in [0.29, 0.717) is 46.0 Å². The average Bonchev–Trinajstić information content (AvgIpc) is 3.70. The lowest BCUT2D eigenvalue weighted by Crippen LogP contribution is -2.62. The lowest BCUT2D eigenvalue weighted by atomic mass is 9.95. The monoisotopic (exact) mass is 840 g/mol. The Hall–Kier alpha value is -6.59. The summed E-state index contributed by atoms with van der Waals surface area (Å²) >= 11 is 0. The van der Waals surface area contributed by atoms with Gasteiger partial charge in [-0.05, 0) is 105 Å². The number of aromatic nitrogens is 4. The Morgan fingerprint density at radius 1 is 0.726 bits per heavy atom. The van der Waals surface area contributed by atoms with Gasteiger partial charge in [-0.1, -0.05) is 0 Å². The molecule has 5 aromatic rings. The highest BCUT2D eigenvalue weighted by Gasteiger charge is 2.45. The van der Waals surface area contributed by atoms with Crippen LogP contribution in [0.2, 0.25) is 0 Å². The molecule has 17 heteroatoms. The summed E-state index contributed by atoms with van der Waals surface area (Å²) in [5.74, 6) is 0.344. The first-order chi connectivity index (χ1) is 30.1. The van der Waals surface area contributed by atoms with Crippen LogP contribution in [0.1, 0.15) is 70.8 Å². The van der Waals surface area contributed by atoms with Gasteiger partial charge >= 0.3 is 5.69 Å². The SMILES string of the molecule is COc1ccc(Oc2ccc(-n3c(=O)n(C4CCN(C5CCN(C6CN(c7ccc8c(c7)C(=O)N(C7CCC(=O)NC7=O)C8=O)C6)CC5)CC4)c4ncnc(N)c43)cc2C)cc1. The number of anilines is 2. The Kier molecular flexibility index (Phi) is 10.0. The minimum absolute atomic E-state index is 0.0373. The van der Waals surface area contributed by atoms with Crippen LogP contribution in [-0.4, -0.2) is 122 Å². The molecule has 4 saturated heterocycles. The van der Waals surface area contributed by atoms with Gasteiger partial charge in [0.25, 0.3) is 11.8 Å². The number of hydrogen-bond donors (Lipinski definition) is 2. The van der Waals surface area contributed by atoms with Crippen molar-refractivity contribution in [3.8, 4) is 22.9 Å². The summed E-state index contributed by atoms with van der Waals surface area (Å²) in [5.41, 5.74) is 10.3. The van der Waals surface area contributed by atoms with Crippen molar-refractivity contribution in [3.05, 3.63) is 94.2 Å². The molecule has 320 valence electrons. The first kappa shape index (κ1) is 39.5. The molecule has 0 bridgehead atoms. The van der Waals surface area contributed by atoms with Gasteiger partial charge in [-0.2, -0.15) is 0 Å². The zero-order chi connectivity index (χ0) is 42.8. The van der Waals surface area contributed by atoms with E-state index in [1.807, 2.05) is 60.0 Å². The van der Waals surface area contributed by atoms with E-state index in [4.69, 9.17) is 15.2 Å². The molecular weight excluding hydrogens is 793 g/mol. The van der Waals surface area contributed by atoms with Crippen LogP contribution in [0.25, 0.3) is 16.9 Å². The summed E-state index contributed by atoms with van der Waals surface area (Å²) in [5, 5.41) is 2.25. The van der Waals surface area contributed by atoms with Gasteiger partial charge in [0.05, 0.1) is 23.9 Å². The number of methoxy groups -OCH3 is 1. The molecule has 3 aromatic carbocycles. The number of fused-ring (bicyclic) bond motifs is 2. The predicted octanol–water partition coefficient (Wildman–Crippen LogP) is 3.67. The number of carbonyl (C=O) groups is 4. The second-order valence-electron chi connectivity index (χ2n) is 16.9. The number of ether oxygens (including phenoxy) is 2.